The summed E-state index contributed by atoms with van der Waals surface area (Å²) in [5.74, 6) is 0.679. The second kappa shape index (κ2) is 7.45. The molecule has 0 aliphatic carbocycles. The van der Waals surface area contributed by atoms with Crippen molar-refractivity contribution in [3.05, 3.63) is 66.4 Å². The minimum atomic E-state index is -3.51. The molecule has 2 heterocycles. The Hall–Kier alpha value is -2.57. The third-order valence-electron chi connectivity index (χ3n) is 5.19. The number of hydrogen-bond acceptors (Lipinski definition) is 3. The number of sulfonamides is 1. The molecule has 4 rings (SSSR count). The van der Waals surface area contributed by atoms with Gasteiger partial charge in [0.15, 0.2) is 0 Å². The van der Waals surface area contributed by atoms with Crippen LogP contribution in [0.3, 0.4) is 0 Å². The maximum absolute atomic E-state index is 13.0. The van der Waals surface area contributed by atoms with Crippen molar-refractivity contribution in [1.29, 1.82) is 0 Å². The highest BCUT2D eigenvalue weighted by Gasteiger charge is 2.27. The molecule has 5 nitrogen and oxygen atoms in total. The van der Waals surface area contributed by atoms with Crippen molar-refractivity contribution in [2.24, 2.45) is 7.05 Å². The van der Waals surface area contributed by atoms with Crippen LogP contribution in [-0.4, -0.2) is 37.0 Å². The quantitative estimate of drug-likeness (QED) is 0.654. The Balaban J connectivity index is 1.57. The van der Waals surface area contributed by atoms with Crippen molar-refractivity contribution in [2.45, 2.75) is 18.2 Å². The SMILES string of the molecule is CCOc1ccc(S(=O)(=O)N2CC=C(c3cn(C)c4ccccc34)CC2)cc1. The Morgan fingerprint density at radius 2 is 1.82 bits per heavy atom. The summed E-state index contributed by atoms with van der Waals surface area (Å²) in [6.45, 7) is 3.32. The van der Waals surface area contributed by atoms with Gasteiger partial charge in [0.25, 0.3) is 0 Å². The van der Waals surface area contributed by atoms with E-state index >= 15 is 0 Å². The van der Waals surface area contributed by atoms with Gasteiger partial charge in [-0.3, -0.25) is 0 Å². The summed E-state index contributed by atoms with van der Waals surface area (Å²) in [5, 5.41) is 1.21. The molecule has 0 saturated carbocycles. The molecule has 0 unspecified atom stereocenters. The number of nitrogens with zero attached hydrogens (tertiary/aromatic N) is 2. The molecule has 6 heteroatoms. The standard InChI is InChI=1S/C22H24N2O3S/c1-3-27-18-8-10-19(11-9-18)28(25,26)24-14-12-17(13-15-24)21-16-23(2)22-7-5-4-6-20(21)22/h4-12,16H,3,13-15H2,1-2H3. The summed E-state index contributed by atoms with van der Waals surface area (Å²) >= 11 is 0. The topological polar surface area (TPSA) is 51.5 Å². The summed E-state index contributed by atoms with van der Waals surface area (Å²) in [4.78, 5) is 0.304. The first kappa shape index (κ1) is 18.8. The lowest BCUT2D eigenvalue weighted by Crippen LogP contribution is -2.34. The highest BCUT2D eigenvalue weighted by Crippen LogP contribution is 2.32. The van der Waals surface area contributed by atoms with Gasteiger partial charge in [0.05, 0.1) is 11.5 Å². The van der Waals surface area contributed by atoms with Crippen LogP contribution >= 0.6 is 0 Å². The van der Waals surface area contributed by atoms with Crippen LogP contribution in [0.4, 0.5) is 0 Å². The van der Waals surface area contributed by atoms with Gasteiger partial charge in [-0.1, -0.05) is 24.3 Å². The van der Waals surface area contributed by atoms with Crippen molar-refractivity contribution >= 4 is 26.5 Å². The molecule has 1 aliphatic rings. The number of aromatic nitrogens is 1. The fourth-order valence-corrected chi connectivity index (χ4v) is 5.12. The summed E-state index contributed by atoms with van der Waals surface area (Å²) in [6.07, 6.45) is 4.87. The average molecular weight is 397 g/mol. The average Bonchev–Trinajstić information content (AvgIpc) is 3.06. The number of para-hydroxylation sites is 1. The summed E-state index contributed by atoms with van der Waals surface area (Å²) in [5.41, 5.74) is 3.58. The van der Waals surface area contributed by atoms with Gasteiger partial charge in [-0.15, -0.1) is 0 Å². The van der Waals surface area contributed by atoms with E-state index in [0.29, 0.717) is 36.8 Å². The Labute approximate surface area is 165 Å². The van der Waals surface area contributed by atoms with Crippen LogP contribution in [0.15, 0.2) is 65.7 Å². The maximum Gasteiger partial charge on any atom is 0.243 e. The lowest BCUT2D eigenvalue weighted by molar-refractivity contribution is 0.340. The predicted octanol–water partition coefficient (Wildman–Crippen LogP) is 4.06. The minimum absolute atomic E-state index is 0.304. The van der Waals surface area contributed by atoms with E-state index in [1.54, 1.807) is 24.3 Å². The molecule has 0 bridgehead atoms. The molecule has 0 amide bonds. The van der Waals surface area contributed by atoms with Crippen LogP contribution in [0.25, 0.3) is 16.5 Å². The number of fused-ring (bicyclic) bond motifs is 1. The Morgan fingerprint density at radius 3 is 2.50 bits per heavy atom. The minimum Gasteiger partial charge on any atom is -0.494 e. The normalized spacial score (nSPS) is 15.6. The van der Waals surface area contributed by atoms with Gasteiger partial charge in [0.1, 0.15) is 5.75 Å². The molecule has 1 aliphatic heterocycles. The first-order valence-corrected chi connectivity index (χ1v) is 10.9. The fraction of sp³-hybridized carbons (Fsp3) is 0.273. The Morgan fingerprint density at radius 1 is 1.07 bits per heavy atom. The second-order valence-corrected chi connectivity index (χ2v) is 8.86. The Bertz CT molecular complexity index is 1130. The molecule has 0 N–H and O–H groups in total. The van der Waals surface area contributed by atoms with Crippen molar-refractivity contribution in [3.63, 3.8) is 0 Å². The molecule has 0 spiro atoms. The highest BCUT2D eigenvalue weighted by molar-refractivity contribution is 7.89. The van der Waals surface area contributed by atoms with Gasteiger partial charge in [-0.2, -0.15) is 4.31 Å². The van der Waals surface area contributed by atoms with E-state index in [4.69, 9.17) is 4.74 Å². The largest absolute Gasteiger partial charge is 0.494 e. The molecule has 28 heavy (non-hydrogen) atoms. The van der Waals surface area contributed by atoms with Crippen LogP contribution < -0.4 is 4.74 Å². The molecule has 0 fully saturated rings. The zero-order valence-electron chi connectivity index (χ0n) is 16.1. The zero-order valence-corrected chi connectivity index (χ0v) is 16.9. The smallest absolute Gasteiger partial charge is 0.243 e. The fourth-order valence-electron chi connectivity index (χ4n) is 3.73. The molecule has 2 aromatic carbocycles. The van der Waals surface area contributed by atoms with E-state index in [2.05, 4.69) is 22.9 Å². The van der Waals surface area contributed by atoms with E-state index in [-0.39, 0.29) is 0 Å². The van der Waals surface area contributed by atoms with Crippen LogP contribution in [0.1, 0.15) is 18.9 Å². The summed E-state index contributed by atoms with van der Waals surface area (Å²) in [6, 6.07) is 14.9. The van der Waals surface area contributed by atoms with Gasteiger partial charge < -0.3 is 9.30 Å². The highest BCUT2D eigenvalue weighted by atomic mass is 32.2. The monoisotopic (exact) mass is 396 g/mol. The van der Waals surface area contributed by atoms with E-state index in [0.717, 1.165) is 0 Å². The van der Waals surface area contributed by atoms with E-state index in [1.807, 2.05) is 32.2 Å². The molecule has 146 valence electrons. The predicted molar refractivity (Wildman–Crippen MR) is 112 cm³/mol. The number of rotatable bonds is 5. The van der Waals surface area contributed by atoms with Gasteiger partial charge >= 0.3 is 0 Å². The number of ether oxygens (including phenoxy) is 1. The van der Waals surface area contributed by atoms with Gasteiger partial charge in [0.2, 0.25) is 10.0 Å². The van der Waals surface area contributed by atoms with Crippen LogP contribution in [-0.2, 0) is 17.1 Å². The zero-order chi connectivity index (χ0) is 19.7. The molecule has 0 saturated heterocycles. The van der Waals surface area contributed by atoms with Crippen molar-refractivity contribution < 1.29 is 13.2 Å². The lowest BCUT2D eigenvalue weighted by atomic mass is 10.00. The van der Waals surface area contributed by atoms with Crippen molar-refractivity contribution in [2.75, 3.05) is 19.7 Å². The first-order chi connectivity index (χ1) is 13.5. The van der Waals surface area contributed by atoms with Crippen LogP contribution in [0.5, 0.6) is 5.75 Å². The van der Waals surface area contributed by atoms with E-state index < -0.39 is 10.0 Å². The first-order valence-electron chi connectivity index (χ1n) is 9.47. The van der Waals surface area contributed by atoms with E-state index in [1.165, 1.54) is 26.3 Å². The third kappa shape index (κ3) is 3.34. The summed E-state index contributed by atoms with van der Waals surface area (Å²) < 4.78 is 35.0. The number of hydrogen-bond donors (Lipinski definition) is 0. The third-order valence-corrected chi connectivity index (χ3v) is 7.07. The number of aryl methyl sites for hydroxylation is 1. The lowest BCUT2D eigenvalue weighted by Gasteiger charge is -2.26. The van der Waals surface area contributed by atoms with Crippen molar-refractivity contribution in [3.8, 4) is 5.75 Å². The van der Waals surface area contributed by atoms with Crippen LogP contribution in [0.2, 0.25) is 0 Å². The van der Waals surface area contributed by atoms with Gasteiger partial charge in [0, 0.05) is 42.8 Å². The van der Waals surface area contributed by atoms with Crippen molar-refractivity contribution in [1.82, 2.24) is 8.87 Å². The maximum atomic E-state index is 13.0. The molecular weight excluding hydrogens is 372 g/mol. The molecule has 3 aromatic rings. The molecule has 1 aromatic heterocycles. The Kier molecular flexibility index (Phi) is 5.00. The van der Waals surface area contributed by atoms with Crippen LogP contribution in [0, 0.1) is 0 Å². The summed E-state index contributed by atoms with van der Waals surface area (Å²) in [7, 11) is -1.47. The molecule has 0 atom stereocenters. The van der Waals surface area contributed by atoms with E-state index in [9.17, 15) is 8.42 Å². The molecule has 0 radical (unpaired) electrons. The second-order valence-electron chi connectivity index (χ2n) is 6.92. The number of benzene rings is 2. The van der Waals surface area contributed by atoms with Gasteiger partial charge in [-0.05, 0) is 49.2 Å². The molecular formula is C22H24N2O3S. The van der Waals surface area contributed by atoms with Gasteiger partial charge in [-0.25, -0.2) is 8.42 Å².